The summed E-state index contributed by atoms with van der Waals surface area (Å²) in [4.78, 5) is 22.7. The number of nitrogens with zero attached hydrogens (tertiary/aromatic N) is 1. The first kappa shape index (κ1) is 20.3. The van der Waals surface area contributed by atoms with Crippen molar-refractivity contribution in [2.24, 2.45) is 0 Å². The maximum absolute atomic E-state index is 12.7. The van der Waals surface area contributed by atoms with Gasteiger partial charge >= 0.3 is 12.3 Å². The standard InChI is InChI=1S/C12H12ClF3O.C4H7NO2/c13-7-3-4-9(8-17)10-5-1-2-6-11(10)12(14,15)16;1-5-2-3-7-4(5)6/h1-2,5-6,8-9H,3-4,7H2;2-3H2,1H3. The monoisotopic (exact) mass is 365 g/mol. The number of carbonyl (C=O) groups excluding carboxylic acids is 2. The minimum Gasteiger partial charge on any atom is -0.448 e. The fourth-order valence-electron chi connectivity index (χ4n) is 2.14. The van der Waals surface area contributed by atoms with Gasteiger partial charge in [-0.2, -0.15) is 13.2 Å². The zero-order valence-electron chi connectivity index (χ0n) is 13.2. The van der Waals surface area contributed by atoms with Gasteiger partial charge in [-0.05, 0) is 24.5 Å². The number of likely N-dealkylation sites (N-methyl/N-ethyl adjacent to an activating group) is 1. The Kier molecular flexibility index (Phi) is 8.04. The maximum Gasteiger partial charge on any atom is 0.416 e. The van der Waals surface area contributed by atoms with Gasteiger partial charge in [0.05, 0.1) is 12.1 Å². The van der Waals surface area contributed by atoms with Crippen LogP contribution in [0.4, 0.5) is 18.0 Å². The van der Waals surface area contributed by atoms with Crippen LogP contribution >= 0.6 is 11.6 Å². The largest absolute Gasteiger partial charge is 0.448 e. The number of benzene rings is 1. The number of carbonyl (C=O) groups is 2. The van der Waals surface area contributed by atoms with Crippen LogP contribution in [0.3, 0.4) is 0 Å². The van der Waals surface area contributed by atoms with Gasteiger partial charge in [0.1, 0.15) is 12.9 Å². The molecule has 1 atom stereocenters. The highest BCUT2D eigenvalue weighted by Gasteiger charge is 2.34. The molecule has 134 valence electrons. The molecule has 1 aromatic rings. The first-order chi connectivity index (χ1) is 11.3. The molecule has 0 radical (unpaired) electrons. The van der Waals surface area contributed by atoms with Gasteiger partial charge in [-0.1, -0.05) is 18.2 Å². The molecule has 24 heavy (non-hydrogen) atoms. The van der Waals surface area contributed by atoms with Crippen molar-refractivity contribution in [2.45, 2.75) is 24.9 Å². The van der Waals surface area contributed by atoms with Gasteiger partial charge in [-0.15, -0.1) is 11.6 Å². The Morgan fingerprint density at radius 3 is 2.46 bits per heavy atom. The number of aldehydes is 1. The third-order valence-electron chi connectivity index (χ3n) is 3.44. The first-order valence-electron chi connectivity index (χ1n) is 7.36. The number of hydrogen-bond donors (Lipinski definition) is 0. The van der Waals surface area contributed by atoms with Crippen LogP contribution < -0.4 is 0 Å². The molecule has 1 unspecified atom stereocenters. The van der Waals surface area contributed by atoms with Gasteiger partial charge in [0.15, 0.2) is 0 Å². The van der Waals surface area contributed by atoms with Gasteiger partial charge < -0.3 is 14.4 Å². The molecular weight excluding hydrogens is 347 g/mol. The van der Waals surface area contributed by atoms with Crippen molar-refractivity contribution in [3.63, 3.8) is 0 Å². The van der Waals surface area contributed by atoms with E-state index in [4.69, 9.17) is 11.6 Å². The van der Waals surface area contributed by atoms with Gasteiger partial charge in [0.25, 0.3) is 0 Å². The molecule has 1 amide bonds. The van der Waals surface area contributed by atoms with E-state index in [1.165, 1.54) is 18.2 Å². The molecule has 1 aliphatic heterocycles. The van der Waals surface area contributed by atoms with E-state index in [0.29, 0.717) is 31.6 Å². The zero-order chi connectivity index (χ0) is 18.2. The van der Waals surface area contributed by atoms with Crippen LogP contribution in [0.1, 0.15) is 29.9 Å². The minimum atomic E-state index is -4.43. The van der Waals surface area contributed by atoms with Crippen LogP contribution in [0, 0.1) is 0 Å². The van der Waals surface area contributed by atoms with Crippen LogP contribution in [0.15, 0.2) is 24.3 Å². The van der Waals surface area contributed by atoms with E-state index >= 15 is 0 Å². The van der Waals surface area contributed by atoms with E-state index in [0.717, 1.165) is 12.6 Å². The smallest absolute Gasteiger partial charge is 0.416 e. The predicted octanol–water partition coefficient (Wildman–Crippen LogP) is 4.08. The Labute approximate surface area is 143 Å². The van der Waals surface area contributed by atoms with Gasteiger partial charge in [0, 0.05) is 18.8 Å². The number of amides is 1. The number of rotatable bonds is 5. The lowest BCUT2D eigenvalue weighted by Gasteiger charge is -2.16. The van der Waals surface area contributed by atoms with Crippen molar-refractivity contribution in [1.82, 2.24) is 4.90 Å². The second-order valence-electron chi connectivity index (χ2n) is 5.19. The number of ether oxygens (including phenoxy) is 1. The Balaban J connectivity index is 0.000000341. The van der Waals surface area contributed by atoms with Gasteiger partial charge in [0.2, 0.25) is 0 Å². The lowest BCUT2D eigenvalue weighted by molar-refractivity contribution is -0.138. The predicted molar refractivity (Wildman–Crippen MR) is 84.2 cm³/mol. The lowest BCUT2D eigenvalue weighted by Crippen LogP contribution is -2.17. The average Bonchev–Trinajstić information content (AvgIpc) is 2.92. The highest BCUT2D eigenvalue weighted by Crippen LogP contribution is 2.35. The SMILES string of the molecule is CN1CCOC1=O.O=CC(CCCCl)c1ccccc1C(F)(F)F. The summed E-state index contributed by atoms with van der Waals surface area (Å²) in [6.45, 7) is 1.29. The normalized spacial score (nSPS) is 15.4. The Morgan fingerprint density at radius 1 is 1.38 bits per heavy atom. The van der Waals surface area contributed by atoms with E-state index in [1.54, 1.807) is 11.9 Å². The van der Waals surface area contributed by atoms with Crippen molar-refractivity contribution in [1.29, 1.82) is 0 Å². The Hall–Kier alpha value is -1.76. The number of hydrogen-bond acceptors (Lipinski definition) is 3. The summed E-state index contributed by atoms with van der Waals surface area (Å²) in [6, 6.07) is 5.15. The molecule has 2 rings (SSSR count). The zero-order valence-corrected chi connectivity index (χ0v) is 13.9. The fourth-order valence-corrected chi connectivity index (χ4v) is 2.30. The topological polar surface area (TPSA) is 46.6 Å². The number of halogens is 4. The van der Waals surface area contributed by atoms with Crippen LogP contribution in [-0.2, 0) is 15.7 Å². The quantitative estimate of drug-likeness (QED) is 0.583. The minimum absolute atomic E-state index is 0.0279. The maximum atomic E-state index is 12.7. The highest BCUT2D eigenvalue weighted by molar-refractivity contribution is 6.17. The summed E-state index contributed by atoms with van der Waals surface area (Å²) >= 11 is 5.48. The van der Waals surface area contributed by atoms with Crippen molar-refractivity contribution in [3.8, 4) is 0 Å². The molecule has 1 aliphatic rings. The molecule has 4 nitrogen and oxygen atoms in total. The van der Waals surface area contributed by atoms with Crippen LogP contribution in [0.2, 0.25) is 0 Å². The molecule has 0 aliphatic carbocycles. The molecule has 1 heterocycles. The summed E-state index contributed by atoms with van der Waals surface area (Å²) in [5.41, 5.74) is -0.716. The summed E-state index contributed by atoms with van der Waals surface area (Å²) in [7, 11) is 1.72. The molecule has 1 aromatic carbocycles. The third kappa shape index (κ3) is 6.03. The molecule has 0 bridgehead atoms. The Morgan fingerprint density at radius 2 is 2.04 bits per heavy atom. The van der Waals surface area contributed by atoms with Crippen molar-refractivity contribution in [2.75, 3.05) is 26.1 Å². The molecule has 1 fully saturated rings. The van der Waals surface area contributed by atoms with E-state index in [9.17, 15) is 22.8 Å². The average molecular weight is 366 g/mol. The highest BCUT2D eigenvalue weighted by atomic mass is 35.5. The molecule has 0 saturated carbocycles. The van der Waals surface area contributed by atoms with Crippen LogP contribution in [-0.4, -0.2) is 43.4 Å². The molecule has 0 aromatic heterocycles. The lowest BCUT2D eigenvalue weighted by atomic mass is 9.91. The van der Waals surface area contributed by atoms with Gasteiger partial charge in [-0.3, -0.25) is 0 Å². The number of cyclic esters (lactones) is 1. The second kappa shape index (κ2) is 9.52. The molecular formula is C16H19ClF3NO3. The first-order valence-corrected chi connectivity index (χ1v) is 7.90. The summed E-state index contributed by atoms with van der Waals surface area (Å²) < 4.78 is 42.7. The van der Waals surface area contributed by atoms with E-state index in [2.05, 4.69) is 4.74 Å². The fraction of sp³-hybridized carbons (Fsp3) is 0.500. The van der Waals surface area contributed by atoms with Crippen molar-refractivity contribution in [3.05, 3.63) is 35.4 Å². The summed E-state index contributed by atoms with van der Waals surface area (Å²) in [6.07, 6.45) is -3.24. The van der Waals surface area contributed by atoms with Crippen LogP contribution in [0.25, 0.3) is 0 Å². The van der Waals surface area contributed by atoms with E-state index in [1.807, 2.05) is 0 Å². The third-order valence-corrected chi connectivity index (χ3v) is 3.71. The number of alkyl halides is 4. The second-order valence-corrected chi connectivity index (χ2v) is 5.57. The molecule has 1 saturated heterocycles. The molecule has 0 N–H and O–H groups in total. The van der Waals surface area contributed by atoms with E-state index in [-0.39, 0.29) is 11.7 Å². The summed E-state index contributed by atoms with van der Waals surface area (Å²) in [5.74, 6) is -0.412. The van der Waals surface area contributed by atoms with Crippen LogP contribution in [0.5, 0.6) is 0 Å². The van der Waals surface area contributed by atoms with Gasteiger partial charge in [-0.25, -0.2) is 4.79 Å². The molecule has 0 spiro atoms. The molecule has 8 heteroatoms. The van der Waals surface area contributed by atoms with E-state index < -0.39 is 17.7 Å². The van der Waals surface area contributed by atoms with Crippen molar-refractivity contribution < 1.29 is 27.5 Å². The Bertz CT molecular complexity index is 552. The summed E-state index contributed by atoms with van der Waals surface area (Å²) in [5, 5.41) is 0. The van der Waals surface area contributed by atoms with Crippen molar-refractivity contribution >= 4 is 24.0 Å².